The molecule has 0 aromatic heterocycles. The fourth-order valence-electron chi connectivity index (χ4n) is 2.46. The van der Waals surface area contributed by atoms with Gasteiger partial charge in [0, 0.05) is 0 Å². The van der Waals surface area contributed by atoms with Crippen LogP contribution in [0, 0.1) is 11.8 Å². The van der Waals surface area contributed by atoms with Crippen LogP contribution in [-0.2, 0) is 0 Å². The van der Waals surface area contributed by atoms with Crippen LogP contribution in [0.15, 0.2) is 0 Å². The zero-order chi connectivity index (χ0) is 10.4. The van der Waals surface area contributed by atoms with Gasteiger partial charge in [-0.1, -0.05) is 19.8 Å². The highest BCUT2D eigenvalue weighted by Gasteiger charge is 2.25. The van der Waals surface area contributed by atoms with Gasteiger partial charge in [-0.2, -0.15) is 0 Å². The molecular formula is C12H25NO. The minimum Gasteiger partial charge on any atom is -0.393 e. The number of hydrogen-bond donors (Lipinski definition) is 2. The van der Waals surface area contributed by atoms with Gasteiger partial charge in [-0.3, -0.25) is 0 Å². The third-order valence-electron chi connectivity index (χ3n) is 3.62. The number of rotatable bonds is 5. The summed E-state index contributed by atoms with van der Waals surface area (Å²) < 4.78 is 0. The van der Waals surface area contributed by atoms with Crippen LogP contribution in [0.3, 0.4) is 0 Å². The van der Waals surface area contributed by atoms with Crippen molar-refractivity contribution in [3.8, 4) is 0 Å². The van der Waals surface area contributed by atoms with Crippen molar-refractivity contribution < 1.29 is 5.11 Å². The maximum absolute atomic E-state index is 9.93. The van der Waals surface area contributed by atoms with Gasteiger partial charge in [-0.25, -0.2) is 0 Å². The van der Waals surface area contributed by atoms with Crippen molar-refractivity contribution >= 4 is 0 Å². The van der Waals surface area contributed by atoms with E-state index in [1.165, 1.54) is 32.1 Å². The van der Waals surface area contributed by atoms with Crippen LogP contribution in [0.25, 0.3) is 0 Å². The van der Waals surface area contributed by atoms with Gasteiger partial charge < -0.3 is 10.8 Å². The van der Waals surface area contributed by atoms with Crippen molar-refractivity contribution in [1.29, 1.82) is 0 Å². The maximum atomic E-state index is 9.93. The van der Waals surface area contributed by atoms with E-state index in [4.69, 9.17) is 5.73 Å². The van der Waals surface area contributed by atoms with Gasteiger partial charge in [-0.05, 0) is 50.5 Å². The Kier molecular flexibility index (Phi) is 5.49. The van der Waals surface area contributed by atoms with E-state index in [2.05, 4.69) is 6.92 Å². The normalized spacial score (nSPS) is 30.2. The van der Waals surface area contributed by atoms with E-state index in [1.807, 2.05) is 0 Å². The second-order valence-electron chi connectivity index (χ2n) is 4.73. The molecule has 0 heterocycles. The van der Waals surface area contributed by atoms with Gasteiger partial charge in [0.15, 0.2) is 0 Å². The number of aliphatic hydroxyl groups is 1. The molecular weight excluding hydrogens is 174 g/mol. The monoisotopic (exact) mass is 199 g/mol. The molecule has 1 saturated carbocycles. The first kappa shape index (κ1) is 12.0. The molecule has 2 heteroatoms. The lowest BCUT2D eigenvalue weighted by Crippen LogP contribution is -2.28. The smallest absolute Gasteiger partial charge is 0.0568 e. The minimum atomic E-state index is -0.0475. The molecule has 3 N–H and O–H groups in total. The summed E-state index contributed by atoms with van der Waals surface area (Å²) in [5.74, 6) is 1.29. The second-order valence-corrected chi connectivity index (χ2v) is 4.73. The molecule has 1 aliphatic carbocycles. The first-order valence-electron chi connectivity index (χ1n) is 6.16. The Morgan fingerprint density at radius 1 is 1.29 bits per heavy atom. The highest BCUT2D eigenvalue weighted by Crippen LogP contribution is 2.31. The average molecular weight is 199 g/mol. The topological polar surface area (TPSA) is 46.2 Å². The van der Waals surface area contributed by atoms with Gasteiger partial charge in [0.1, 0.15) is 0 Å². The Hall–Kier alpha value is -0.0800. The molecule has 2 nitrogen and oxygen atoms in total. The third-order valence-corrected chi connectivity index (χ3v) is 3.62. The highest BCUT2D eigenvalue weighted by atomic mass is 16.3. The first-order valence-corrected chi connectivity index (χ1v) is 6.16. The Balaban J connectivity index is 2.19. The SMILES string of the molecule is CCCCC(O)C1CCC(CN)CC1. The van der Waals surface area contributed by atoms with Crippen LogP contribution in [-0.4, -0.2) is 17.8 Å². The first-order chi connectivity index (χ1) is 6.77. The second kappa shape index (κ2) is 6.41. The van der Waals surface area contributed by atoms with Crippen LogP contribution in [0.1, 0.15) is 51.9 Å². The van der Waals surface area contributed by atoms with Crippen LogP contribution in [0.2, 0.25) is 0 Å². The van der Waals surface area contributed by atoms with E-state index in [9.17, 15) is 5.11 Å². The molecule has 0 amide bonds. The summed E-state index contributed by atoms with van der Waals surface area (Å²) in [5, 5.41) is 9.93. The van der Waals surface area contributed by atoms with E-state index in [-0.39, 0.29) is 6.10 Å². The summed E-state index contributed by atoms with van der Waals surface area (Å²) in [6, 6.07) is 0. The fraction of sp³-hybridized carbons (Fsp3) is 1.00. The quantitative estimate of drug-likeness (QED) is 0.713. The van der Waals surface area contributed by atoms with Gasteiger partial charge in [-0.15, -0.1) is 0 Å². The largest absolute Gasteiger partial charge is 0.393 e. The third kappa shape index (κ3) is 3.58. The summed E-state index contributed by atoms with van der Waals surface area (Å²) in [5.41, 5.74) is 5.64. The van der Waals surface area contributed by atoms with E-state index in [0.29, 0.717) is 5.92 Å². The zero-order valence-electron chi connectivity index (χ0n) is 9.41. The lowest BCUT2D eigenvalue weighted by Gasteiger charge is -2.30. The number of nitrogens with two attached hydrogens (primary N) is 1. The van der Waals surface area contributed by atoms with Crippen LogP contribution in [0.4, 0.5) is 0 Å². The summed E-state index contributed by atoms with van der Waals surface area (Å²) >= 11 is 0. The molecule has 1 aliphatic rings. The molecule has 0 saturated heterocycles. The predicted octanol–water partition coefficient (Wildman–Crippen LogP) is 2.30. The average Bonchev–Trinajstić information content (AvgIpc) is 2.26. The van der Waals surface area contributed by atoms with Crippen molar-refractivity contribution in [3.05, 3.63) is 0 Å². The van der Waals surface area contributed by atoms with E-state index in [0.717, 1.165) is 25.3 Å². The van der Waals surface area contributed by atoms with E-state index >= 15 is 0 Å². The van der Waals surface area contributed by atoms with E-state index in [1.54, 1.807) is 0 Å². The molecule has 0 aromatic carbocycles. The zero-order valence-corrected chi connectivity index (χ0v) is 9.41. The van der Waals surface area contributed by atoms with Crippen LogP contribution in [0.5, 0.6) is 0 Å². The number of unbranched alkanes of at least 4 members (excludes halogenated alkanes) is 1. The Morgan fingerprint density at radius 2 is 1.93 bits per heavy atom. The Bertz CT molecular complexity index is 141. The molecule has 84 valence electrons. The molecule has 0 aromatic rings. The molecule has 0 bridgehead atoms. The van der Waals surface area contributed by atoms with Crippen molar-refractivity contribution in [2.75, 3.05) is 6.54 Å². The summed E-state index contributed by atoms with van der Waals surface area (Å²) in [6.07, 6.45) is 8.13. The van der Waals surface area contributed by atoms with Gasteiger partial charge in [0.05, 0.1) is 6.10 Å². The van der Waals surface area contributed by atoms with Crippen LogP contribution >= 0.6 is 0 Å². The summed E-state index contributed by atoms with van der Waals surface area (Å²) in [4.78, 5) is 0. The number of aliphatic hydroxyl groups excluding tert-OH is 1. The summed E-state index contributed by atoms with van der Waals surface area (Å²) in [7, 11) is 0. The predicted molar refractivity (Wildman–Crippen MR) is 60.0 cm³/mol. The molecule has 1 atom stereocenters. The fourth-order valence-corrected chi connectivity index (χ4v) is 2.46. The molecule has 14 heavy (non-hydrogen) atoms. The van der Waals surface area contributed by atoms with Gasteiger partial charge >= 0.3 is 0 Å². The van der Waals surface area contributed by atoms with Crippen molar-refractivity contribution in [1.82, 2.24) is 0 Å². The van der Waals surface area contributed by atoms with Crippen molar-refractivity contribution in [2.24, 2.45) is 17.6 Å². The standard InChI is InChI=1S/C12H25NO/c1-2-3-4-12(14)11-7-5-10(9-13)6-8-11/h10-12,14H,2-9,13H2,1H3. The molecule has 0 spiro atoms. The van der Waals surface area contributed by atoms with Gasteiger partial charge in [0.2, 0.25) is 0 Å². The molecule has 1 rings (SSSR count). The molecule has 0 aliphatic heterocycles. The van der Waals surface area contributed by atoms with Crippen molar-refractivity contribution in [2.45, 2.75) is 58.0 Å². The number of hydrogen-bond acceptors (Lipinski definition) is 2. The van der Waals surface area contributed by atoms with Crippen LogP contribution < -0.4 is 5.73 Å². The molecule has 1 unspecified atom stereocenters. The van der Waals surface area contributed by atoms with Crippen molar-refractivity contribution in [3.63, 3.8) is 0 Å². The van der Waals surface area contributed by atoms with E-state index < -0.39 is 0 Å². The minimum absolute atomic E-state index is 0.0475. The Morgan fingerprint density at radius 3 is 2.43 bits per heavy atom. The highest BCUT2D eigenvalue weighted by molar-refractivity contribution is 4.77. The van der Waals surface area contributed by atoms with Gasteiger partial charge in [0.25, 0.3) is 0 Å². The maximum Gasteiger partial charge on any atom is 0.0568 e. The molecule has 1 fully saturated rings. The Labute approximate surface area is 87.9 Å². The lowest BCUT2D eigenvalue weighted by molar-refractivity contribution is 0.0659. The molecule has 0 radical (unpaired) electrons. The summed E-state index contributed by atoms with van der Waals surface area (Å²) in [6.45, 7) is 3.01. The lowest BCUT2D eigenvalue weighted by atomic mass is 9.78.